The molecule has 0 amide bonds. The van der Waals surface area contributed by atoms with Gasteiger partial charge in [-0.3, -0.25) is 4.98 Å². The highest BCUT2D eigenvalue weighted by atomic mass is 16.5. The van der Waals surface area contributed by atoms with Crippen LogP contribution in [0.15, 0.2) is 36.5 Å². The van der Waals surface area contributed by atoms with E-state index in [-0.39, 0.29) is 5.41 Å². The van der Waals surface area contributed by atoms with Gasteiger partial charge in [0.05, 0.1) is 11.6 Å². The molecule has 0 aliphatic heterocycles. The highest BCUT2D eigenvalue weighted by Gasteiger charge is 2.48. The Bertz CT molecular complexity index is 589. The predicted octanol–water partition coefficient (Wildman–Crippen LogP) is 3.46. The lowest BCUT2D eigenvalue weighted by Crippen LogP contribution is -2.57. The molecule has 2 atom stereocenters. The van der Waals surface area contributed by atoms with Crippen LogP contribution in [0.2, 0.25) is 0 Å². The number of rotatable bonds is 3. The molecule has 1 aromatic carbocycles. The van der Waals surface area contributed by atoms with Gasteiger partial charge in [0, 0.05) is 35.8 Å². The molecule has 1 N–H and O–H groups in total. The predicted molar refractivity (Wildman–Crippen MR) is 78.3 cm³/mol. The summed E-state index contributed by atoms with van der Waals surface area (Å²) >= 11 is 0. The minimum Gasteiger partial charge on any atom is -0.381 e. The number of anilines is 1. The molecule has 0 spiro atoms. The third kappa shape index (κ3) is 1.98. The number of hydrogen-bond donors (Lipinski definition) is 1. The van der Waals surface area contributed by atoms with Crippen LogP contribution >= 0.6 is 0 Å². The first-order valence-corrected chi connectivity index (χ1v) is 6.76. The maximum Gasteiger partial charge on any atom is 0.0722 e. The van der Waals surface area contributed by atoms with Crippen molar-refractivity contribution in [1.29, 1.82) is 0 Å². The fourth-order valence-corrected chi connectivity index (χ4v) is 2.94. The molecule has 3 heteroatoms. The number of nitrogens with one attached hydrogen (secondary N) is 1. The van der Waals surface area contributed by atoms with Gasteiger partial charge in [-0.2, -0.15) is 0 Å². The summed E-state index contributed by atoms with van der Waals surface area (Å²) in [6.45, 7) is 4.51. The number of aromatic nitrogens is 1. The summed E-state index contributed by atoms with van der Waals surface area (Å²) in [5.74, 6) is 0. The fraction of sp³-hybridized carbons (Fsp3) is 0.438. The van der Waals surface area contributed by atoms with E-state index in [0.717, 1.165) is 11.9 Å². The van der Waals surface area contributed by atoms with Gasteiger partial charge in [0.15, 0.2) is 0 Å². The molecule has 3 rings (SSSR count). The molecule has 1 aliphatic rings. The minimum atomic E-state index is 0.166. The van der Waals surface area contributed by atoms with Crippen molar-refractivity contribution in [2.45, 2.75) is 32.4 Å². The van der Waals surface area contributed by atoms with Gasteiger partial charge >= 0.3 is 0 Å². The van der Waals surface area contributed by atoms with E-state index in [1.54, 1.807) is 7.11 Å². The van der Waals surface area contributed by atoms with Crippen LogP contribution in [0.4, 0.5) is 5.69 Å². The van der Waals surface area contributed by atoms with Crippen LogP contribution < -0.4 is 5.32 Å². The number of ether oxygens (including phenoxy) is 1. The molecule has 0 radical (unpaired) electrons. The van der Waals surface area contributed by atoms with Gasteiger partial charge in [0.25, 0.3) is 0 Å². The second-order valence-corrected chi connectivity index (χ2v) is 5.85. The number of pyridine rings is 1. The summed E-state index contributed by atoms with van der Waals surface area (Å²) in [4.78, 5) is 4.40. The first-order chi connectivity index (χ1) is 9.13. The zero-order chi connectivity index (χ0) is 13.5. The number of fused-ring (bicyclic) bond motifs is 1. The van der Waals surface area contributed by atoms with Crippen molar-refractivity contribution < 1.29 is 4.74 Å². The van der Waals surface area contributed by atoms with E-state index in [0.29, 0.717) is 12.1 Å². The van der Waals surface area contributed by atoms with Gasteiger partial charge < -0.3 is 10.1 Å². The largest absolute Gasteiger partial charge is 0.381 e. The molecule has 1 saturated carbocycles. The summed E-state index contributed by atoms with van der Waals surface area (Å²) in [6, 6.07) is 10.7. The van der Waals surface area contributed by atoms with E-state index < -0.39 is 0 Å². The summed E-state index contributed by atoms with van der Waals surface area (Å²) in [5, 5.41) is 4.84. The lowest BCUT2D eigenvalue weighted by Gasteiger charge is -2.51. The average molecular weight is 256 g/mol. The Labute approximate surface area is 114 Å². The van der Waals surface area contributed by atoms with Crippen LogP contribution in [0, 0.1) is 5.41 Å². The lowest BCUT2D eigenvalue weighted by atomic mass is 9.64. The molecule has 2 unspecified atom stereocenters. The Morgan fingerprint density at radius 3 is 2.79 bits per heavy atom. The summed E-state index contributed by atoms with van der Waals surface area (Å²) < 4.78 is 5.50. The smallest absolute Gasteiger partial charge is 0.0722 e. The van der Waals surface area contributed by atoms with Gasteiger partial charge in [-0.25, -0.2) is 0 Å². The Morgan fingerprint density at radius 1 is 1.26 bits per heavy atom. The maximum absolute atomic E-state index is 5.50. The Morgan fingerprint density at radius 2 is 2.05 bits per heavy atom. The van der Waals surface area contributed by atoms with Crippen LogP contribution in [0.25, 0.3) is 10.9 Å². The second kappa shape index (κ2) is 4.49. The highest BCUT2D eigenvalue weighted by Crippen LogP contribution is 2.44. The third-order valence-electron chi connectivity index (χ3n) is 4.44. The highest BCUT2D eigenvalue weighted by molar-refractivity contribution is 5.91. The monoisotopic (exact) mass is 256 g/mol. The van der Waals surface area contributed by atoms with Crippen LogP contribution in [0.5, 0.6) is 0 Å². The van der Waals surface area contributed by atoms with Crippen molar-refractivity contribution in [3.05, 3.63) is 36.5 Å². The molecule has 1 fully saturated rings. The summed E-state index contributed by atoms with van der Waals surface area (Å²) in [6.07, 6.45) is 3.27. The molecule has 2 aromatic rings. The summed E-state index contributed by atoms with van der Waals surface area (Å²) in [7, 11) is 1.80. The van der Waals surface area contributed by atoms with Gasteiger partial charge in [0.1, 0.15) is 0 Å². The average Bonchev–Trinajstić information content (AvgIpc) is 2.43. The Kier molecular flexibility index (Phi) is 2.94. The number of hydrogen-bond acceptors (Lipinski definition) is 3. The van der Waals surface area contributed by atoms with Crippen LogP contribution in [0.1, 0.15) is 20.3 Å². The molecular formula is C16H20N2O. The molecule has 1 heterocycles. The van der Waals surface area contributed by atoms with Crippen LogP contribution in [-0.4, -0.2) is 24.2 Å². The zero-order valence-electron chi connectivity index (χ0n) is 11.7. The Hall–Kier alpha value is -1.61. The molecule has 1 aliphatic carbocycles. The normalized spacial score (nSPS) is 25.0. The van der Waals surface area contributed by atoms with Crippen LogP contribution in [0.3, 0.4) is 0 Å². The number of benzene rings is 1. The number of nitrogens with zero attached hydrogens (tertiary/aromatic N) is 1. The molecule has 1 aromatic heterocycles. The van der Waals surface area contributed by atoms with Crippen molar-refractivity contribution in [3.63, 3.8) is 0 Å². The number of methoxy groups -OCH3 is 1. The quantitative estimate of drug-likeness (QED) is 0.913. The van der Waals surface area contributed by atoms with E-state index in [2.05, 4.69) is 42.3 Å². The van der Waals surface area contributed by atoms with Crippen molar-refractivity contribution in [3.8, 4) is 0 Å². The van der Waals surface area contributed by atoms with E-state index in [1.165, 1.54) is 11.1 Å². The summed E-state index contributed by atoms with van der Waals surface area (Å²) in [5.41, 5.74) is 2.37. The van der Waals surface area contributed by atoms with Crippen molar-refractivity contribution in [2.24, 2.45) is 5.41 Å². The molecule has 0 saturated heterocycles. The minimum absolute atomic E-state index is 0.166. The van der Waals surface area contributed by atoms with Gasteiger partial charge in [-0.1, -0.05) is 32.0 Å². The van der Waals surface area contributed by atoms with Crippen molar-refractivity contribution in [2.75, 3.05) is 12.4 Å². The zero-order valence-corrected chi connectivity index (χ0v) is 11.7. The van der Waals surface area contributed by atoms with E-state index >= 15 is 0 Å². The van der Waals surface area contributed by atoms with E-state index in [4.69, 9.17) is 4.74 Å². The molecular weight excluding hydrogens is 236 g/mol. The maximum atomic E-state index is 5.50. The first kappa shape index (κ1) is 12.4. The van der Waals surface area contributed by atoms with Gasteiger partial charge in [0.2, 0.25) is 0 Å². The van der Waals surface area contributed by atoms with Crippen molar-refractivity contribution in [1.82, 2.24) is 4.98 Å². The van der Waals surface area contributed by atoms with Crippen molar-refractivity contribution >= 4 is 16.6 Å². The third-order valence-corrected chi connectivity index (χ3v) is 4.44. The molecule has 100 valence electrons. The fourth-order valence-electron chi connectivity index (χ4n) is 2.94. The second-order valence-electron chi connectivity index (χ2n) is 5.85. The van der Waals surface area contributed by atoms with E-state index in [9.17, 15) is 0 Å². The van der Waals surface area contributed by atoms with Gasteiger partial charge in [-0.05, 0) is 18.6 Å². The molecule has 19 heavy (non-hydrogen) atoms. The topological polar surface area (TPSA) is 34.1 Å². The standard InChI is InChI=1S/C16H20N2O/c1-16(2)14(10-15(16)19-3)18-13-8-9-17-12-7-5-4-6-11(12)13/h4-9,14-15H,10H2,1-3H3,(H,17,18). The SMILES string of the molecule is COC1CC(Nc2ccnc3ccccc23)C1(C)C. The Balaban J connectivity index is 1.87. The van der Waals surface area contributed by atoms with Gasteiger partial charge in [-0.15, -0.1) is 0 Å². The van der Waals surface area contributed by atoms with Crippen LogP contribution in [-0.2, 0) is 4.74 Å². The first-order valence-electron chi connectivity index (χ1n) is 6.76. The molecule has 0 bridgehead atoms. The lowest BCUT2D eigenvalue weighted by molar-refractivity contribution is -0.0794. The number of para-hydroxylation sites is 1. The van der Waals surface area contributed by atoms with E-state index in [1.807, 2.05) is 18.3 Å². The molecule has 3 nitrogen and oxygen atoms in total.